The molecular formula is C28H33ClFN3O3. The van der Waals surface area contributed by atoms with Crippen molar-refractivity contribution in [1.29, 1.82) is 0 Å². The maximum Gasteiger partial charge on any atom is 0.258 e. The largest absolute Gasteiger partial charge is 0.381 e. The third-order valence-electron chi connectivity index (χ3n) is 7.87. The van der Waals surface area contributed by atoms with Crippen molar-refractivity contribution in [3.8, 4) is 0 Å². The van der Waals surface area contributed by atoms with E-state index in [0.29, 0.717) is 38.1 Å². The summed E-state index contributed by atoms with van der Waals surface area (Å²) in [5.74, 6) is -0.0213. The Labute approximate surface area is 216 Å². The number of carbonyl (C=O) groups excluding carboxylic acids is 2. The third kappa shape index (κ3) is 5.58. The van der Waals surface area contributed by atoms with Crippen LogP contribution in [0.3, 0.4) is 0 Å². The van der Waals surface area contributed by atoms with Crippen LogP contribution >= 0.6 is 11.6 Å². The number of likely N-dealkylation sites (tertiary alicyclic amines) is 2. The molecule has 36 heavy (non-hydrogen) atoms. The van der Waals surface area contributed by atoms with Crippen molar-refractivity contribution in [3.05, 3.63) is 70.5 Å². The molecule has 0 bridgehead atoms. The molecule has 5 rings (SSSR count). The van der Waals surface area contributed by atoms with E-state index in [0.717, 1.165) is 44.5 Å². The van der Waals surface area contributed by atoms with E-state index in [1.165, 1.54) is 12.1 Å². The van der Waals surface area contributed by atoms with Crippen LogP contribution in [0.15, 0.2) is 48.5 Å². The maximum atomic E-state index is 14.3. The van der Waals surface area contributed by atoms with Crippen molar-refractivity contribution in [3.63, 3.8) is 0 Å². The number of hydrogen-bond donors (Lipinski definition) is 1. The summed E-state index contributed by atoms with van der Waals surface area (Å²) in [6.07, 6.45) is 2.37. The van der Waals surface area contributed by atoms with Crippen LogP contribution < -0.4 is 5.32 Å². The number of fused-ring (bicyclic) bond motifs is 1. The molecule has 192 valence electrons. The van der Waals surface area contributed by atoms with Gasteiger partial charge in [0, 0.05) is 51.9 Å². The molecule has 3 heterocycles. The lowest BCUT2D eigenvalue weighted by atomic mass is 9.97. The molecule has 2 unspecified atom stereocenters. The van der Waals surface area contributed by atoms with Gasteiger partial charge in [0.1, 0.15) is 5.82 Å². The van der Waals surface area contributed by atoms with Gasteiger partial charge in [-0.3, -0.25) is 9.59 Å². The number of ether oxygens (including phenoxy) is 1. The van der Waals surface area contributed by atoms with Gasteiger partial charge >= 0.3 is 0 Å². The number of carbonyl (C=O) groups is 2. The van der Waals surface area contributed by atoms with Crippen molar-refractivity contribution >= 4 is 23.4 Å². The molecule has 3 fully saturated rings. The molecule has 0 saturated carbocycles. The van der Waals surface area contributed by atoms with E-state index in [-0.39, 0.29) is 34.4 Å². The summed E-state index contributed by atoms with van der Waals surface area (Å²) >= 11 is 6.12. The molecule has 3 saturated heterocycles. The second kappa shape index (κ2) is 11.3. The number of amides is 2. The Morgan fingerprint density at radius 3 is 2.36 bits per heavy atom. The van der Waals surface area contributed by atoms with E-state index in [1.807, 2.05) is 18.2 Å². The van der Waals surface area contributed by atoms with Crippen LogP contribution in [0.5, 0.6) is 0 Å². The monoisotopic (exact) mass is 513 g/mol. The third-order valence-corrected chi connectivity index (χ3v) is 8.19. The molecule has 3 atom stereocenters. The van der Waals surface area contributed by atoms with Gasteiger partial charge in [0.25, 0.3) is 5.91 Å². The Morgan fingerprint density at radius 2 is 1.69 bits per heavy atom. The smallest absolute Gasteiger partial charge is 0.258 e. The topological polar surface area (TPSA) is 61.9 Å². The zero-order chi connectivity index (χ0) is 25.1. The predicted octanol–water partition coefficient (Wildman–Crippen LogP) is 4.16. The molecule has 0 aliphatic carbocycles. The molecule has 2 aromatic carbocycles. The number of benzene rings is 2. The molecule has 0 radical (unpaired) electrons. The first kappa shape index (κ1) is 25.2. The minimum Gasteiger partial charge on any atom is -0.381 e. The first-order valence-electron chi connectivity index (χ1n) is 12.9. The Morgan fingerprint density at radius 1 is 1.00 bits per heavy atom. The molecule has 3 aliphatic rings. The molecule has 8 heteroatoms. The zero-order valence-electron chi connectivity index (χ0n) is 20.4. The van der Waals surface area contributed by atoms with Crippen molar-refractivity contribution in [2.75, 3.05) is 45.9 Å². The number of hydrogen-bond acceptors (Lipinski definition) is 4. The lowest BCUT2D eigenvalue weighted by molar-refractivity contribution is -0.128. The average molecular weight is 514 g/mol. The molecule has 3 aliphatic heterocycles. The van der Waals surface area contributed by atoms with Gasteiger partial charge < -0.3 is 19.9 Å². The van der Waals surface area contributed by atoms with Gasteiger partial charge in [-0.05, 0) is 48.8 Å². The van der Waals surface area contributed by atoms with Gasteiger partial charge in [0.2, 0.25) is 5.91 Å². The standard InChI is InChI=1S/C28H33ClFN3O3/c29-23-7-4-8-24(30)26(23)28(35)33-17-21-15-32(16-22(21)18-33)12-9-25(19-5-2-1-3-6-19)31-27(34)20-10-13-36-14-11-20/h1-8,20-22,25H,9-18H2,(H,31,34)/t21-,22?,25?/m0/s1. The number of nitrogens with one attached hydrogen (secondary N) is 1. The Hall–Kier alpha value is -2.48. The van der Waals surface area contributed by atoms with Crippen LogP contribution in [0.2, 0.25) is 5.02 Å². The van der Waals surface area contributed by atoms with E-state index in [4.69, 9.17) is 16.3 Å². The summed E-state index contributed by atoms with van der Waals surface area (Å²) in [4.78, 5) is 30.1. The number of nitrogens with zero attached hydrogens (tertiary/aromatic N) is 2. The van der Waals surface area contributed by atoms with Gasteiger partial charge in [-0.1, -0.05) is 48.0 Å². The maximum absolute atomic E-state index is 14.3. The summed E-state index contributed by atoms with van der Waals surface area (Å²) in [6.45, 7) is 5.19. The van der Waals surface area contributed by atoms with E-state index in [2.05, 4.69) is 22.3 Å². The van der Waals surface area contributed by atoms with Crippen LogP contribution in [0, 0.1) is 23.6 Å². The SMILES string of the molecule is O=C(NC(CCN1CC2CN(C(=O)c3c(F)cccc3Cl)C[C@@H]2C1)c1ccccc1)C1CCOCC1. The molecule has 2 aromatic rings. The molecule has 6 nitrogen and oxygen atoms in total. The molecule has 0 aromatic heterocycles. The van der Waals surface area contributed by atoms with Crippen molar-refractivity contribution < 1.29 is 18.7 Å². The normalized spacial score (nSPS) is 23.4. The first-order valence-corrected chi connectivity index (χ1v) is 13.3. The van der Waals surface area contributed by atoms with E-state index >= 15 is 0 Å². The first-order chi connectivity index (χ1) is 17.5. The number of rotatable bonds is 7. The molecular weight excluding hydrogens is 481 g/mol. The second-order valence-corrected chi connectivity index (χ2v) is 10.6. The average Bonchev–Trinajstić information content (AvgIpc) is 3.46. The highest BCUT2D eigenvalue weighted by Gasteiger charge is 2.42. The molecule has 2 amide bonds. The van der Waals surface area contributed by atoms with Crippen molar-refractivity contribution in [1.82, 2.24) is 15.1 Å². The van der Waals surface area contributed by atoms with E-state index in [1.54, 1.807) is 11.0 Å². The fourth-order valence-corrected chi connectivity index (χ4v) is 6.11. The minimum absolute atomic E-state index is 0.0163. The van der Waals surface area contributed by atoms with Crippen LogP contribution in [0.1, 0.15) is 41.2 Å². The highest BCUT2D eigenvalue weighted by Crippen LogP contribution is 2.34. The van der Waals surface area contributed by atoms with Crippen molar-refractivity contribution in [2.45, 2.75) is 25.3 Å². The van der Waals surface area contributed by atoms with Gasteiger partial charge in [-0.15, -0.1) is 0 Å². The highest BCUT2D eigenvalue weighted by atomic mass is 35.5. The van der Waals surface area contributed by atoms with Gasteiger partial charge in [-0.2, -0.15) is 0 Å². The Bertz CT molecular complexity index is 1040. The van der Waals surface area contributed by atoms with Gasteiger partial charge in [0.15, 0.2) is 0 Å². The Kier molecular flexibility index (Phi) is 7.89. The second-order valence-electron chi connectivity index (χ2n) is 10.2. The van der Waals surface area contributed by atoms with E-state index < -0.39 is 5.82 Å². The summed E-state index contributed by atoms with van der Waals surface area (Å²) in [7, 11) is 0. The zero-order valence-corrected chi connectivity index (χ0v) is 21.1. The quantitative estimate of drug-likeness (QED) is 0.604. The molecule has 1 N–H and O–H groups in total. The predicted molar refractivity (Wildman–Crippen MR) is 136 cm³/mol. The molecule has 0 spiro atoms. The Balaban J connectivity index is 1.16. The van der Waals surface area contributed by atoms with Crippen molar-refractivity contribution in [2.24, 2.45) is 17.8 Å². The lowest BCUT2D eigenvalue weighted by Crippen LogP contribution is -2.38. The van der Waals surface area contributed by atoms with E-state index in [9.17, 15) is 14.0 Å². The lowest BCUT2D eigenvalue weighted by Gasteiger charge is -2.27. The van der Waals surface area contributed by atoms with Crippen LogP contribution in [0.4, 0.5) is 4.39 Å². The fraction of sp³-hybridized carbons (Fsp3) is 0.500. The summed E-state index contributed by atoms with van der Waals surface area (Å²) < 4.78 is 19.7. The highest BCUT2D eigenvalue weighted by molar-refractivity contribution is 6.33. The summed E-state index contributed by atoms with van der Waals surface area (Å²) in [5, 5.41) is 3.47. The van der Waals surface area contributed by atoms with Gasteiger partial charge in [-0.25, -0.2) is 4.39 Å². The van der Waals surface area contributed by atoms with Crippen LogP contribution in [0.25, 0.3) is 0 Å². The summed E-state index contributed by atoms with van der Waals surface area (Å²) in [6, 6.07) is 14.5. The van der Waals surface area contributed by atoms with Gasteiger partial charge in [0.05, 0.1) is 16.6 Å². The summed E-state index contributed by atoms with van der Waals surface area (Å²) in [5.41, 5.74) is 1.10. The minimum atomic E-state index is -0.569. The van der Waals surface area contributed by atoms with Crippen LogP contribution in [-0.4, -0.2) is 67.6 Å². The van der Waals surface area contributed by atoms with Crippen LogP contribution in [-0.2, 0) is 9.53 Å². The fourth-order valence-electron chi connectivity index (χ4n) is 5.87. The number of halogens is 2.